The number of allylic oxidation sites excluding steroid dienone is 2. The van der Waals surface area contributed by atoms with Crippen LogP contribution < -0.4 is 5.32 Å². The van der Waals surface area contributed by atoms with E-state index in [0.717, 1.165) is 33.9 Å². The predicted octanol–water partition coefficient (Wildman–Crippen LogP) is 10.9. The zero-order chi connectivity index (χ0) is 32.8. The fourth-order valence-corrected chi connectivity index (χ4v) is 8.22. The fraction of sp³-hybridized carbons (Fsp3) is 0.0217. The maximum atomic E-state index is 5.55. The molecule has 234 valence electrons. The molecule has 4 nitrogen and oxygen atoms in total. The molecule has 2 aromatic heterocycles. The number of nitrogens with one attached hydrogen (secondary N) is 1. The molecule has 4 heteroatoms. The van der Waals surface area contributed by atoms with Crippen LogP contribution >= 0.6 is 0 Å². The van der Waals surface area contributed by atoms with Crippen LogP contribution in [0.25, 0.3) is 76.5 Å². The van der Waals surface area contributed by atoms with Crippen LogP contribution in [0.5, 0.6) is 0 Å². The Morgan fingerprint density at radius 2 is 1.18 bits per heavy atom. The van der Waals surface area contributed by atoms with E-state index in [2.05, 4.69) is 184 Å². The van der Waals surface area contributed by atoms with Crippen LogP contribution in [-0.2, 0) is 0 Å². The third-order valence-corrected chi connectivity index (χ3v) is 10.5. The molecule has 0 fully saturated rings. The molecule has 50 heavy (non-hydrogen) atoms. The lowest BCUT2D eigenvalue weighted by atomic mass is 9.94. The van der Waals surface area contributed by atoms with Crippen LogP contribution in [0, 0.1) is 0 Å². The monoisotopic (exact) mass is 638 g/mol. The molecule has 1 N–H and O–H groups in total. The van der Waals surface area contributed by atoms with Crippen LogP contribution in [-0.4, -0.2) is 21.1 Å². The Kier molecular flexibility index (Phi) is 5.69. The van der Waals surface area contributed by atoms with Crippen molar-refractivity contribution < 1.29 is 0 Å². The van der Waals surface area contributed by atoms with Crippen molar-refractivity contribution >= 4 is 76.8 Å². The van der Waals surface area contributed by atoms with Gasteiger partial charge < -0.3 is 9.88 Å². The van der Waals surface area contributed by atoms with Crippen molar-refractivity contribution in [3.8, 4) is 5.69 Å². The number of aromatic nitrogens is 2. The number of benzene rings is 7. The van der Waals surface area contributed by atoms with Gasteiger partial charge in [-0.2, -0.15) is 0 Å². The molecule has 0 radical (unpaired) electrons. The molecule has 0 spiro atoms. The molecule has 2 aliphatic rings. The predicted molar refractivity (Wildman–Crippen MR) is 210 cm³/mol. The summed E-state index contributed by atoms with van der Waals surface area (Å²) in [6.07, 6.45) is 8.68. The molecule has 3 heterocycles. The van der Waals surface area contributed by atoms with Gasteiger partial charge >= 0.3 is 0 Å². The summed E-state index contributed by atoms with van der Waals surface area (Å²) in [6, 6.07) is 52.7. The van der Waals surface area contributed by atoms with E-state index in [1.165, 1.54) is 59.7 Å². The number of para-hydroxylation sites is 2. The highest BCUT2D eigenvalue weighted by molar-refractivity contribution is 6.27. The number of aliphatic imine (C=N–C) groups is 1. The molecule has 0 bridgehead atoms. The minimum Gasteiger partial charge on any atom is -0.345 e. The lowest BCUT2D eigenvalue weighted by Gasteiger charge is -2.29. The zero-order valence-corrected chi connectivity index (χ0v) is 27.1. The zero-order valence-electron chi connectivity index (χ0n) is 27.1. The van der Waals surface area contributed by atoms with E-state index in [4.69, 9.17) is 4.99 Å². The Morgan fingerprint density at radius 3 is 2.02 bits per heavy atom. The van der Waals surface area contributed by atoms with Crippen LogP contribution in [0.4, 0.5) is 0 Å². The van der Waals surface area contributed by atoms with Crippen molar-refractivity contribution in [2.24, 2.45) is 4.99 Å². The standard InChI is InChI=1S/C46H30N4/c1-2-16-34(17-3-1)49-42-28-32-15-7-6-14-31(32)27-39(42)37-25-24-36-35-18-9-11-21-41(35)50(45(36)44(37)49)46-47-40-20-10-8-19-38(40)43(48-46)33-23-22-29-12-4-5-13-30(29)26-33/h1-28,40H,(H,47,48). The first-order valence-corrected chi connectivity index (χ1v) is 17.2. The molecule has 1 unspecified atom stereocenters. The molecule has 0 saturated carbocycles. The van der Waals surface area contributed by atoms with Gasteiger partial charge in [0, 0.05) is 38.4 Å². The lowest BCUT2D eigenvalue weighted by molar-refractivity contribution is 0.805. The topological polar surface area (TPSA) is 34.2 Å². The highest BCUT2D eigenvalue weighted by atomic mass is 15.2. The van der Waals surface area contributed by atoms with E-state index in [0.29, 0.717) is 0 Å². The molecule has 1 aliphatic carbocycles. The number of hydrogen-bond acceptors (Lipinski definition) is 2. The van der Waals surface area contributed by atoms with E-state index in [-0.39, 0.29) is 6.04 Å². The summed E-state index contributed by atoms with van der Waals surface area (Å²) in [7, 11) is 0. The van der Waals surface area contributed by atoms with Crippen LogP contribution in [0.15, 0.2) is 180 Å². The molecule has 7 aromatic carbocycles. The second-order valence-electron chi connectivity index (χ2n) is 13.3. The first-order chi connectivity index (χ1) is 24.8. The van der Waals surface area contributed by atoms with Crippen LogP contribution in [0.3, 0.4) is 0 Å². The summed E-state index contributed by atoms with van der Waals surface area (Å²) in [4.78, 5) is 5.55. The summed E-state index contributed by atoms with van der Waals surface area (Å²) >= 11 is 0. The minimum absolute atomic E-state index is 0.0188. The van der Waals surface area contributed by atoms with Crippen molar-refractivity contribution in [2.75, 3.05) is 0 Å². The molecule has 0 saturated heterocycles. The Labute approximate surface area is 288 Å². The third kappa shape index (κ3) is 3.90. The summed E-state index contributed by atoms with van der Waals surface area (Å²) in [5.74, 6) is 0.815. The summed E-state index contributed by atoms with van der Waals surface area (Å²) in [5, 5.41) is 13.6. The normalized spacial score (nSPS) is 15.8. The maximum absolute atomic E-state index is 5.55. The van der Waals surface area contributed by atoms with Gasteiger partial charge in [0.1, 0.15) is 0 Å². The second-order valence-corrected chi connectivity index (χ2v) is 13.3. The van der Waals surface area contributed by atoms with E-state index in [1.807, 2.05) is 0 Å². The van der Waals surface area contributed by atoms with Crippen molar-refractivity contribution in [2.45, 2.75) is 6.04 Å². The third-order valence-electron chi connectivity index (χ3n) is 10.5. The fourth-order valence-electron chi connectivity index (χ4n) is 8.22. The Morgan fingerprint density at radius 1 is 0.500 bits per heavy atom. The molecule has 1 atom stereocenters. The molecule has 0 amide bonds. The largest absolute Gasteiger partial charge is 0.345 e. The van der Waals surface area contributed by atoms with E-state index in [9.17, 15) is 0 Å². The number of rotatable bonds is 2. The van der Waals surface area contributed by atoms with Crippen molar-refractivity contribution in [3.05, 3.63) is 181 Å². The molecule has 11 rings (SSSR count). The first kappa shape index (κ1) is 27.3. The highest BCUT2D eigenvalue weighted by Crippen LogP contribution is 2.42. The molecule has 1 aliphatic heterocycles. The summed E-state index contributed by atoms with van der Waals surface area (Å²) in [5.41, 5.74) is 9.01. The number of nitrogens with zero attached hydrogens (tertiary/aromatic N) is 3. The second kappa shape index (κ2) is 10.4. The van der Waals surface area contributed by atoms with Crippen molar-refractivity contribution in [1.29, 1.82) is 0 Å². The summed E-state index contributed by atoms with van der Waals surface area (Å²) < 4.78 is 4.82. The van der Waals surface area contributed by atoms with Gasteiger partial charge in [0.25, 0.3) is 0 Å². The van der Waals surface area contributed by atoms with E-state index < -0.39 is 0 Å². The SMILES string of the molecule is C1=CC2=C(c3ccc4ccccc4c3)N=C(n3c4ccccc4c4ccc5c6cc7ccccc7cc6n(-c6ccccc6)c5c43)NC2C=C1. The van der Waals surface area contributed by atoms with Gasteiger partial charge in [0.15, 0.2) is 0 Å². The first-order valence-electron chi connectivity index (χ1n) is 17.2. The molecule has 9 aromatic rings. The van der Waals surface area contributed by atoms with Gasteiger partial charge in [0.2, 0.25) is 5.96 Å². The van der Waals surface area contributed by atoms with Crippen LogP contribution in [0.1, 0.15) is 5.56 Å². The molecular weight excluding hydrogens is 609 g/mol. The molecular formula is C46H30N4. The average molecular weight is 639 g/mol. The quantitative estimate of drug-likeness (QED) is 0.201. The maximum Gasteiger partial charge on any atom is 0.209 e. The minimum atomic E-state index is -0.0188. The van der Waals surface area contributed by atoms with Crippen molar-refractivity contribution in [3.63, 3.8) is 0 Å². The highest BCUT2D eigenvalue weighted by Gasteiger charge is 2.28. The Hall–Kier alpha value is -6.65. The lowest BCUT2D eigenvalue weighted by Crippen LogP contribution is -2.42. The van der Waals surface area contributed by atoms with Gasteiger partial charge in [-0.05, 0) is 57.9 Å². The number of fused-ring (bicyclic) bond motifs is 10. The summed E-state index contributed by atoms with van der Waals surface area (Å²) in [6.45, 7) is 0. The van der Waals surface area contributed by atoms with E-state index in [1.54, 1.807) is 0 Å². The Bertz CT molecular complexity index is 3000. The Balaban J connectivity index is 1.28. The van der Waals surface area contributed by atoms with E-state index >= 15 is 0 Å². The van der Waals surface area contributed by atoms with Crippen LogP contribution in [0.2, 0.25) is 0 Å². The van der Waals surface area contributed by atoms with Crippen molar-refractivity contribution in [1.82, 2.24) is 14.5 Å². The number of hydrogen-bond donors (Lipinski definition) is 1. The van der Waals surface area contributed by atoms with Gasteiger partial charge in [-0.25, -0.2) is 4.99 Å². The van der Waals surface area contributed by atoms with Gasteiger partial charge in [-0.15, -0.1) is 0 Å². The average Bonchev–Trinajstić information content (AvgIpc) is 3.69. The van der Waals surface area contributed by atoms with Gasteiger partial charge in [-0.3, -0.25) is 4.57 Å². The smallest absolute Gasteiger partial charge is 0.209 e. The van der Waals surface area contributed by atoms with Gasteiger partial charge in [-0.1, -0.05) is 133 Å². The van der Waals surface area contributed by atoms with Gasteiger partial charge in [0.05, 0.1) is 33.8 Å².